The van der Waals surface area contributed by atoms with E-state index in [2.05, 4.69) is 16.2 Å². The first kappa shape index (κ1) is 18.8. The molecule has 1 N–H and O–H groups in total. The number of rotatable bonds is 6. The summed E-state index contributed by atoms with van der Waals surface area (Å²) in [5.74, 6) is 2.26. The third kappa shape index (κ3) is 4.39. The molecule has 0 aliphatic carbocycles. The van der Waals surface area contributed by atoms with Gasteiger partial charge < -0.3 is 10.1 Å². The summed E-state index contributed by atoms with van der Waals surface area (Å²) in [6.07, 6.45) is 7.00. The summed E-state index contributed by atoms with van der Waals surface area (Å²) >= 11 is 7.22. The third-order valence-electron chi connectivity index (χ3n) is 4.01. The lowest BCUT2D eigenvalue weighted by Gasteiger charge is -2.16. The normalized spacial score (nSPS) is 16.5. The molecule has 1 aromatic carbocycles. The molecule has 8 heteroatoms. The Morgan fingerprint density at radius 2 is 2.38 bits per heavy atom. The topological polar surface area (TPSA) is 73.2 Å². The van der Waals surface area contributed by atoms with Gasteiger partial charge in [0.15, 0.2) is 5.16 Å². The van der Waals surface area contributed by atoms with E-state index in [1.165, 1.54) is 11.8 Å². The van der Waals surface area contributed by atoms with Gasteiger partial charge in [0.2, 0.25) is 5.91 Å². The number of benzene rings is 1. The molecule has 1 atom stereocenters. The molecule has 2 heterocycles. The molecule has 0 radical (unpaired) electrons. The Morgan fingerprint density at radius 1 is 1.54 bits per heavy atom. The van der Waals surface area contributed by atoms with Crippen LogP contribution in [0.15, 0.2) is 28.2 Å². The van der Waals surface area contributed by atoms with E-state index in [1.807, 2.05) is 0 Å². The van der Waals surface area contributed by atoms with Gasteiger partial charge in [-0.15, -0.1) is 6.42 Å². The van der Waals surface area contributed by atoms with Gasteiger partial charge >= 0.3 is 0 Å². The van der Waals surface area contributed by atoms with Crippen LogP contribution in [-0.4, -0.2) is 40.5 Å². The fraction of sp³-hybridized carbons (Fsp3) is 0.389. The molecule has 1 aliphatic rings. The van der Waals surface area contributed by atoms with E-state index in [9.17, 15) is 9.59 Å². The number of hydrogen-bond donors (Lipinski definition) is 1. The summed E-state index contributed by atoms with van der Waals surface area (Å²) in [5, 5.41) is 4.07. The van der Waals surface area contributed by atoms with Gasteiger partial charge in [-0.2, -0.15) is 0 Å². The molecule has 0 spiro atoms. The van der Waals surface area contributed by atoms with Crippen LogP contribution >= 0.6 is 23.4 Å². The predicted octanol–water partition coefficient (Wildman–Crippen LogP) is 2.07. The monoisotopic (exact) mass is 391 g/mol. The SMILES string of the molecule is C#CCNC(=O)CSc1nc2cc(Cl)ccc2c(=O)n1C[C@@H]1CCCO1. The number of thioether (sulfide) groups is 1. The molecular formula is C18H18ClN3O3S. The second kappa shape index (κ2) is 8.58. The van der Waals surface area contributed by atoms with Gasteiger partial charge in [0.25, 0.3) is 5.56 Å². The minimum absolute atomic E-state index is 0.0196. The number of carbonyl (C=O) groups excluding carboxylic acids is 1. The number of carbonyl (C=O) groups is 1. The molecule has 1 aliphatic heterocycles. The highest BCUT2D eigenvalue weighted by Gasteiger charge is 2.20. The van der Waals surface area contributed by atoms with Crippen LogP contribution in [0, 0.1) is 12.3 Å². The van der Waals surface area contributed by atoms with Gasteiger partial charge in [-0.25, -0.2) is 4.98 Å². The number of aromatic nitrogens is 2. The van der Waals surface area contributed by atoms with Gasteiger partial charge in [-0.05, 0) is 31.0 Å². The van der Waals surface area contributed by atoms with Crippen molar-refractivity contribution in [1.29, 1.82) is 0 Å². The van der Waals surface area contributed by atoms with Crippen molar-refractivity contribution < 1.29 is 9.53 Å². The van der Waals surface area contributed by atoms with Crippen LogP contribution in [0.5, 0.6) is 0 Å². The second-order valence-electron chi connectivity index (χ2n) is 5.88. The standard InChI is InChI=1S/C18H18ClN3O3S/c1-2-7-20-16(23)11-26-18-21-15-9-12(19)5-6-14(15)17(24)22(18)10-13-4-3-8-25-13/h1,5-6,9,13H,3-4,7-8,10-11H2,(H,20,23)/t13-/m0/s1. The fourth-order valence-corrected chi connectivity index (χ4v) is 3.77. The van der Waals surface area contributed by atoms with Gasteiger partial charge in [-0.1, -0.05) is 29.3 Å². The molecule has 3 rings (SSSR count). The Labute approximate surface area is 160 Å². The first-order valence-electron chi connectivity index (χ1n) is 8.23. The largest absolute Gasteiger partial charge is 0.376 e. The maximum atomic E-state index is 12.9. The van der Waals surface area contributed by atoms with Gasteiger partial charge in [-0.3, -0.25) is 14.2 Å². The predicted molar refractivity (Wildman–Crippen MR) is 103 cm³/mol. The quantitative estimate of drug-likeness (QED) is 0.463. The van der Waals surface area contributed by atoms with Crippen molar-refractivity contribution in [1.82, 2.24) is 14.9 Å². The Morgan fingerprint density at radius 3 is 3.12 bits per heavy atom. The zero-order chi connectivity index (χ0) is 18.5. The molecule has 2 aromatic rings. The molecular weight excluding hydrogens is 374 g/mol. The molecule has 1 saturated heterocycles. The van der Waals surface area contributed by atoms with Crippen molar-refractivity contribution in [3.63, 3.8) is 0 Å². The average Bonchev–Trinajstić information content (AvgIpc) is 3.13. The summed E-state index contributed by atoms with van der Waals surface area (Å²) in [7, 11) is 0. The van der Waals surface area contributed by atoms with E-state index in [-0.39, 0.29) is 29.9 Å². The maximum absolute atomic E-state index is 12.9. The van der Waals surface area contributed by atoms with E-state index in [0.717, 1.165) is 12.8 Å². The molecule has 26 heavy (non-hydrogen) atoms. The van der Waals surface area contributed by atoms with Crippen molar-refractivity contribution >= 4 is 40.2 Å². The molecule has 136 valence electrons. The number of terminal acetylenes is 1. The first-order chi connectivity index (χ1) is 12.6. The number of nitrogens with zero attached hydrogens (tertiary/aromatic N) is 2. The smallest absolute Gasteiger partial charge is 0.262 e. The fourth-order valence-electron chi connectivity index (χ4n) is 2.77. The van der Waals surface area contributed by atoms with Gasteiger partial charge in [0.05, 0.1) is 35.8 Å². The van der Waals surface area contributed by atoms with Crippen LogP contribution in [0.1, 0.15) is 12.8 Å². The van der Waals surface area contributed by atoms with Crippen molar-refractivity contribution in [2.75, 3.05) is 18.9 Å². The summed E-state index contributed by atoms with van der Waals surface area (Å²) in [6.45, 7) is 1.29. The Bertz CT molecular complexity index is 916. The van der Waals surface area contributed by atoms with Crippen molar-refractivity contribution in [2.24, 2.45) is 0 Å². The summed E-state index contributed by atoms with van der Waals surface area (Å²) in [4.78, 5) is 29.4. The lowest BCUT2D eigenvalue weighted by Crippen LogP contribution is -2.30. The van der Waals surface area contributed by atoms with E-state index in [0.29, 0.717) is 34.2 Å². The van der Waals surface area contributed by atoms with Crippen molar-refractivity contribution in [3.05, 3.63) is 33.6 Å². The zero-order valence-corrected chi connectivity index (χ0v) is 15.6. The molecule has 1 amide bonds. The van der Waals surface area contributed by atoms with E-state index in [1.54, 1.807) is 22.8 Å². The van der Waals surface area contributed by atoms with Crippen LogP contribution in [0.25, 0.3) is 10.9 Å². The minimum Gasteiger partial charge on any atom is -0.376 e. The molecule has 0 saturated carbocycles. The summed E-state index contributed by atoms with van der Waals surface area (Å²) in [6, 6.07) is 4.99. The highest BCUT2D eigenvalue weighted by atomic mass is 35.5. The minimum atomic E-state index is -0.211. The number of ether oxygens (including phenoxy) is 1. The molecule has 0 bridgehead atoms. The number of hydrogen-bond acceptors (Lipinski definition) is 5. The third-order valence-corrected chi connectivity index (χ3v) is 5.22. The highest BCUT2D eigenvalue weighted by Crippen LogP contribution is 2.22. The summed E-state index contributed by atoms with van der Waals surface area (Å²) in [5.41, 5.74) is 0.353. The van der Waals surface area contributed by atoms with Crippen LogP contribution < -0.4 is 10.9 Å². The van der Waals surface area contributed by atoms with Crippen molar-refractivity contribution in [2.45, 2.75) is 30.6 Å². The number of halogens is 1. The highest BCUT2D eigenvalue weighted by molar-refractivity contribution is 7.99. The molecule has 6 nitrogen and oxygen atoms in total. The van der Waals surface area contributed by atoms with E-state index < -0.39 is 0 Å². The number of amides is 1. The number of fused-ring (bicyclic) bond motifs is 1. The Balaban J connectivity index is 1.93. The maximum Gasteiger partial charge on any atom is 0.262 e. The van der Waals surface area contributed by atoms with Gasteiger partial charge in [0.1, 0.15) is 0 Å². The van der Waals surface area contributed by atoms with E-state index in [4.69, 9.17) is 22.8 Å². The average molecular weight is 392 g/mol. The second-order valence-corrected chi connectivity index (χ2v) is 7.26. The van der Waals surface area contributed by atoms with Gasteiger partial charge in [0, 0.05) is 11.6 Å². The lowest BCUT2D eigenvalue weighted by molar-refractivity contribution is -0.118. The Hall–Kier alpha value is -2.01. The van der Waals surface area contributed by atoms with Crippen LogP contribution in [0.4, 0.5) is 0 Å². The molecule has 0 unspecified atom stereocenters. The molecule has 1 aromatic heterocycles. The molecule has 1 fully saturated rings. The van der Waals surface area contributed by atoms with Crippen molar-refractivity contribution in [3.8, 4) is 12.3 Å². The zero-order valence-electron chi connectivity index (χ0n) is 14.0. The van der Waals surface area contributed by atoms with Crippen LogP contribution in [0.3, 0.4) is 0 Å². The first-order valence-corrected chi connectivity index (χ1v) is 9.59. The lowest BCUT2D eigenvalue weighted by atomic mass is 10.2. The summed E-state index contributed by atoms with van der Waals surface area (Å²) < 4.78 is 7.25. The van der Waals surface area contributed by atoms with Crippen LogP contribution in [0.2, 0.25) is 5.02 Å². The van der Waals surface area contributed by atoms with E-state index >= 15 is 0 Å². The number of nitrogens with one attached hydrogen (secondary N) is 1. The Kier molecular flexibility index (Phi) is 6.20. The van der Waals surface area contributed by atoms with Crippen LogP contribution in [-0.2, 0) is 16.1 Å².